The molecule has 0 unspecified atom stereocenters. The number of hydrogen-bond acceptors (Lipinski definition) is 3. The number of allylic oxidation sites excluding steroid dienone is 1. The molecule has 0 saturated heterocycles. The van der Waals surface area contributed by atoms with Crippen LogP contribution in [0.15, 0.2) is 59.8 Å². The van der Waals surface area contributed by atoms with Gasteiger partial charge in [0.15, 0.2) is 0 Å². The lowest BCUT2D eigenvalue weighted by Crippen LogP contribution is -2.46. The van der Waals surface area contributed by atoms with Crippen molar-refractivity contribution in [2.45, 2.75) is 19.9 Å². The third-order valence-corrected chi connectivity index (χ3v) is 4.56. The van der Waals surface area contributed by atoms with Gasteiger partial charge in [0, 0.05) is 24.0 Å². The van der Waals surface area contributed by atoms with Crippen LogP contribution in [-0.2, 0) is 4.79 Å². The van der Waals surface area contributed by atoms with E-state index >= 15 is 0 Å². The molecule has 0 fully saturated rings. The molecule has 6 nitrogen and oxygen atoms in total. The second-order valence-corrected chi connectivity index (χ2v) is 6.32. The van der Waals surface area contributed by atoms with Crippen LogP contribution in [0.1, 0.15) is 24.1 Å². The number of aromatic hydroxyl groups is 1. The van der Waals surface area contributed by atoms with Crippen molar-refractivity contribution in [3.63, 3.8) is 0 Å². The van der Waals surface area contributed by atoms with Crippen LogP contribution >= 0.6 is 0 Å². The van der Waals surface area contributed by atoms with Gasteiger partial charge in [-0.1, -0.05) is 35.9 Å². The molecule has 3 rings (SSSR count). The predicted octanol–water partition coefficient (Wildman–Crippen LogP) is 3.31. The summed E-state index contributed by atoms with van der Waals surface area (Å²) in [6.07, 6.45) is 0. The summed E-state index contributed by atoms with van der Waals surface area (Å²) in [6.45, 7) is 3.69. The van der Waals surface area contributed by atoms with Crippen molar-refractivity contribution in [2.75, 3.05) is 12.4 Å². The van der Waals surface area contributed by atoms with Gasteiger partial charge in [-0.3, -0.25) is 4.79 Å². The molecule has 134 valence electrons. The summed E-state index contributed by atoms with van der Waals surface area (Å²) in [5.74, 6) is -0.303. The Bertz CT molecular complexity index is 887. The number of urea groups is 1. The van der Waals surface area contributed by atoms with Crippen molar-refractivity contribution in [3.05, 3.63) is 70.9 Å². The van der Waals surface area contributed by atoms with Crippen molar-refractivity contribution in [3.8, 4) is 5.75 Å². The number of aryl methyl sites for hydroxylation is 1. The number of phenols is 1. The number of hydrogen-bond donors (Lipinski definition) is 3. The zero-order valence-electron chi connectivity index (χ0n) is 14.9. The Labute approximate surface area is 152 Å². The second-order valence-electron chi connectivity index (χ2n) is 6.32. The standard InChI is InChI=1S/C20H21N3O3/c1-12-8-10-14(11-9-12)21-19(25)17-13(2)23(3)20(26)22-18(17)15-6-4-5-7-16(15)24/h4-11,18,24H,1-3H3,(H,21,25)(H,22,26)/t18-/m1/s1. The van der Waals surface area contributed by atoms with Gasteiger partial charge in [-0.2, -0.15) is 0 Å². The number of nitrogens with one attached hydrogen (secondary N) is 2. The van der Waals surface area contributed by atoms with E-state index in [9.17, 15) is 14.7 Å². The van der Waals surface area contributed by atoms with Crippen LogP contribution in [0, 0.1) is 6.92 Å². The largest absolute Gasteiger partial charge is 0.508 e. The Hall–Kier alpha value is -3.28. The molecule has 1 aliphatic rings. The molecule has 0 radical (unpaired) electrons. The Morgan fingerprint density at radius 2 is 1.77 bits per heavy atom. The molecule has 3 N–H and O–H groups in total. The van der Waals surface area contributed by atoms with Gasteiger partial charge in [0.1, 0.15) is 5.75 Å². The first kappa shape index (κ1) is 17.5. The SMILES string of the molecule is CC1=C(C(=O)Nc2ccc(C)cc2)[C@@H](c2ccccc2O)NC(=O)N1C. The molecule has 1 aliphatic heterocycles. The average Bonchev–Trinajstić information content (AvgIpc) is 2.61. The predicted molar refractivity (Wildman–Crippen MR) is 99.7 cm³/mol. The highest BCUT2D eigenvalue weighted by molar-refractivity contribution is 6.06. The van der Waals surface area contributed by atoms with E-state index in [0.29, 0.717) is 22.5 Å². The zero-order chi connectivity index (χ0) is 18.8. The maximum absolute atomic E-state index is 13.0. The molecular formula is C20H21N3O3. The maximum atomic E-state index is 13.0. The summed E-state index contributed by atoms with van der Waals surface area (Å²) in [5, 5.41) is 15.9. The van der Waals surface area contributed by atoms with Crippen LogP contribution in [0.25, 0.3) is 0 Å². The number of rotatable bonds is 3. The molecule has 0 aliphatic carbocycles. The minimum atomic E-state index is -0.731. The first-order chi connectivity index (χ1) is 12.4. The Morgan fingerprint density at radius 1 is 1.12 bits per heavy atom. The van der Waals surface area contributed by atoms with Crippen molar-refractivity contribution in [2.24, 2.45) is 0 Å². The van der Waals surface area contributed by atoms with E-state index in [0.717, 1.165) is 5.56 Å². The number of carbonyl (C=O) groups is 2. The topological polar surface area (TPSA) is 81.7 Å². The number of nitrogens with zero attached hydrogens (tertiary/aromatic N) is 1. The molecule has 6 heteroatoms. The molecule has 1 atom stereocenters. The Kier molecular flexibility index (Phi) is 4.67. The monoisotopic (exact) mass is 351 g/mol. The van der Waals surface area contributed by atoms with Crippen LogP contribution in [0.5, 0.6) is 5.75 Å². The first-order valence-corrected chi connectivity index (χ1v) is 8.29. The van der Waals surface area contributed by atoms with E-state index in [1.54, 1.807) is 32.2 Å². The lowest BCUT2D eigenvalue weighted by molar-refractivity contribution is -0.113. The third-order valence-electron chi connectivity index (χ3n) is 4.56. The van der Waals surface area contributed by atoms with Gasteiger partial charge < -0.3 is 20.6 Å². The summed E-state index contributed by atoms with van der Waals surface area (Å²) >= 11 is 0. The summed E-state index contributed by atoms with van der Waals surface area (Å²) in [7, 11) is 1.60. The Morgan fingerprint density at radius 3 is 2.42 bits per heavy atom. The van der Waals surface area contributed by atoms with Gasteiger partial charge in [0.05, 0.1) is 11.6 Å². The normalized spacial score (nSPS) is 17.1. The van der Waals surface area contributed by atoms with E-state index < -0.39 is 6.04 Å². The van der Waals surface area contributed by atoms with Gasteiger partial charge in [0.25, 0.3) is 5.91 Å². The smallest absolute Gasteiger partial charge is 0.322 e. The number of carbonyl (C=O) groups excluding carboxylic acids is 2. The van der Waals surface area contributed by atoms with Gasteiger partial charge in [-0.05, 0) is 32.0 Å². The van der Waals surface area contributed by atoms with Crippen molar-refractivity contribution < 1.29 is 14.7 Å². The Balaban J connectivity index is 2.01. The highest BCUT2D eigenvalue weighted by Crippen LogP contribution is 2.34. The zero-order valence-corrected chi connectivity index (χ0v) is 14.9. The summed E-state index contributed by atoms with van der Waals surface area (Å²) in [6, 6.07) is 13.1. The minimum absolute atomic E-state index is 0.0239. The van der Waals surface area contributed by atoms with E-state index in [-0.39, 0.29) is 17.7 Å². The van der Waals surface area contributed by atoms with Gasteiger partial charge in [-0.15, -0.1) is 0 Å². The third kappa shape index (κ3) is 3.26. The molecule has 0 aromatic heterocycles. The highest BCUT2D eigenvalue weighted by Gasteiger charge is 2.35. The number of phenolic OH excluding ortho intramolecular Hbond substituents is 1. The van der Waals surface area contributed by atoms with Crippen LogP contribution in [0.2, 0.25) is 0 Å². The van der Waals surface area contributed by atoms with Gasteiger partial charge >= 0.3 is 6.03 Å². The molecule has 0 spiro atoms. The average molecular weight is 351 g/mol. The summed E-state index contributed by atoms with van der Waals surface area (Å²) in [4.78, 5) is 26.6. The molecule has 1 heterocycles. The van der Waals surface area contributed by atoms with Crippen LogP contribution in [0.3, 0.4) is 0 Å². The molecule has 26 heavy (non-hydrogen) atoms. The fourth-order valence-corrected chi connectivity index (χ4v) is 2.93. The quantitative estimate of drug-likeness (QED) is 0.793. The maximum Gasteiger partial charge on any atom is 0.322 e. The lowest BCUT2D eigenvalue weighted by atomic mass is 9.93. The van der Waals surface area contributed by atoms with Crippen molar-refractivity contribution in [1.82, 2.24) is 10.2 Å². The molecule has 2 aromatic carbocycles. The number of para-hydroxylation sites is 1. The first-order valence-electron chi connectivity index (χ1n) is 8.29. The highest BCUT2D eigenvalue weighted by atomic mass is 16.3. The number of anilines is 1. The van der Waals surface area contributed by atoms with Crippen LogP contribution in [-0.4, -0.2) is 29.0 Å². The summed E-state index contributed by atoms with van der Waals surface area (Å²) in [5.41, 5.74) is 3.15. The van der Waals surface area contributed by atoms with Crippen molar-refractivity contribution in [1.29, 1.82) is 0 Å². The van der Waals surface area contributed by atoms with Crippen LogP contribution < -0.4 is 10.6 Å². The minimum Gasteiger partial charge on any atom is -0.508 e. The van der Waals surface area contributed by atoms with E-state index in [1.165, 1.54) is 11.0 Å². The molecule has 0 bridgehead atoms. The molecule has 2 aromatic rings. The fourth-order valence-electron chi connectivity index (χ4n) is 2.93. The summed E-state index contributed by atoms with van der Waals surface area (Å²) < 4.78 is 0. The van der Waals surface area contributed by atoms with Crippen LogP contribution in [0.4, 0.5) is 10.5 Å². The number of benzene rings is 2. The number of amides is 3. The van der Waals surface area contributed by atoms with Crippen molar-refractivity contribution >= 4 is 17.6 Å². The lowest BCUT2D eigenvalue weighted by Gasteiger charge is -2.33. The van der Waals surface area contributed by atoms with E-state index in [4.69, 9.17) is 0 Å². The van der Waals surface area contributed by atoms with Gasteiger partial charge in [-0.25, -0.2) is 4.79 Å². The molecule has 0 saturated carbocycles. The fraction of sp³-hybridized carbons (Fsp3) is 0.200. The van der Waals surface area contributed by atoms with Gasteiger partial charge in [0.2, 0.25) is 0 Å². The van der Waals surface area contributed by atoms with E-state index in [2.05, 4.69) is 10.6 Å². The molecule has 3 amide bonds. The van der Waals surface area contributed by atoms with E-state index in [1.807, 2.05) is 31.2 Å². The molecular weight excluding hydrogens is 330 g/mol. The second kappa shape index (κ2) is 6.92.